The third-order valence-corrected chi connectivity index (χ3v) is 2.23. The van der Waals surface area contributed by atoms with Crippen molar-refractivity contribution in [2.45, 2.75) is 45.4 Å². The Bertz CT molecular complexity index is 260. The highest BCUT2D eigenvalue weighted by molar-refractivity contribution is 5.24. The first kappa shape index (κ1) is 11.0. The fourth-order valence-electron chi connectivity index (χ4n) is 1.42. The Morgan fingerprint density at radius 3 is 2.71 bits per heavy atom. The molecule has 1 heterocycles. The maximum atomic E-state index is 5.56. The third-order valence-electron chi connectivity index (χ3n) is 2.23. The largest absolute Gasteiger partial charge is 0.384 e. The maximum absolute atomic E-state index is 5.56. The Kier molecular flexibility index (Phi) is 4.97. The van der Waals surface area contributed by atoms with Crippen molar-refractivity contribution in [1.29, 1.82) is 0 Å². The Morgan fingerprint density at radius 2 is 2.00 bits per heavy atom. The van der Waals surface area contributed by atoms with Gasteiger partial charge in [0, 0.05) is 12.6 Å². The third kappa shape index (κ3) is 4.21. The van der Waals surface area contributed by atoms with Gasteiger partial charge in [-0.25, -0.2) is 9.97 Å². The molecule has 0 aliphatic heterocycles. The summed E-state index contributed by atoms with van der Waals surface area (Å²) >= 11 is 0. The smallest absolute Gasteiger partial charge is 0.130 e. The average Bonchev–Trinajstić information content (AvgIpc) is 2.18. The summed E-state index contributed by atoms with van der Waals surface area (Å²) < 4.78 is 0. The Balaban J connectivity index is 2.18. The van der Waals surface area contributed by atoms with Crippen LogP contribution in [-0.4, -0.2) is 9.97 Å². The van der Waals surface area contributed by atoms with E-state index >= 15 is 0 Å². The molecule has 78 valence electrons. The van der Waals surface area contributed by atoms with Gasteiger partial charge in [-0.3, -0.25) is 0 Å². The molecule has 1 aromatic rings. The number of nitrogens with zero attached hydrogens (tertiary/aromatic N) is 2. The molecule has 0 spiro atoms. The highest BCUT2D eigenvalue weighted by Gasteiger charge is 1.96. The standard InChI is InChI=1S/C11H19N3/c1-2-3-4-5-6-7-11-13-9-8-10(12)14-11/h8-9H,2-7H2,1H3,(H2,12,13,14). The molecule has 0 radical (unpaired) electrons. The summed E-state index contributed by atoms with van der Waals surface area (Å²) in [5, 5.41) is 0. The number of aromatic nitrogens is 2. The second-order valence-corrected chi connectivity index (χ2v) is 3.56. The molecule has 3 heteroatoms. The van der Waals surface area contributed by atoms with Gasteiger partial charge in [-0.1, -0.05) is 32.6 Å². The molecule has 0 saturated heterocycles. The van der Waals surface area contributed by atoms with Gasteiger partial charge in [-0.2, -0.15) is 0 Å². The SMILES string of the molecule is CCCCCCCc1nccc(N)n1. The lowest BCUT2D eigenvalue weighted by Crippen LogP contribution is -1.98. The summed E-state index contributed by atoms with van der Waals surface area (Å²) in [5.74, 6) is 1.45. The van der Waals surface area contributed by atoms with Gasteiger partial charge in [0.05, 0.1) is 0 Å². The quantitative estimate of drug-likeness (QED) is 0.706. The fraction of sp³-hybridized carbons (Fsp3) is 0.636. The lowest BCUT2D eigenvalue weighted by molar-refractivity contribution is 0.623. The molecule has 0 atom stereocenters. The number of nitrogen functional groups attached to an aromatic ring is 1. The molecule has 1 rings (SSSR count). The van der Waals surface area contributed by atoms with E-state index in [1.54, 1.807) is 12.3 Å². The van der Waals surface area contributed by atoms with Crippen molar-refractivity contribution < 1.29 is 0 Å². The zero-order valence-electron chi connectivity index (χ0n) is 8.87. The van der Waals surface area contributed by atoms with Crippen LogP contribution in [0.1, 0.15) is 44.9 Å². The average molecular weight is 193 g/mol. The molecular weight excluding hydrogens is 174 g/mol. The molecule has 0 aromatic carbocycles. The first-order chi connectivity index (χ1) is 6.83. The summed E-state index contributed by atoms with van der Waals surface area (Å²) in [5.41, 5.74) is 5.56. The van der Waals surface area contributed by atoms with Crippen molar-refractivity contribution in [3.63, 3.8) is 0 Å². The van der Waals surface area contributed by atoms with Gasteiger partial charge in [0.15, 0.2) is 0 Å². The van der Waals surface area contributed by atoms with Crippen LogP contribution in [0.4, 0.5) is 5.82 Å². The number of nitrogens with two attached hydrogens (primary N) is 1. The number of hydrogen-bond acceptors (Lipinski definition) is 3. The zero-order chi connectivity index (χ0) is 10.2. The lowest BCUT2D eigenvalue weighted by atomic mass is 10.1. The minimum absolute atomic E-state index is 0.573. The second-order valence-electron chi connectivity index (χ2n) is 3.56. The Labute approximate surface area is 85.8 Å². The van der Waals surface area contributed by atoms with Crippen molar-refractivity contribution in [2.75, 3.05) is 5.73 Å². The fourth-order valence-corrected chi connectivity index (χ4v) is 1.42. The molecule has 0 bridgehead atoms. The van der Waals surface area contributed by atoms with Gasteiger partial charge in [-0.05, 0) is 12.5 Å². The molecular formula is C11H19N3. The molecule has 0 aliphatic carbocycles. The van der Waals surface area contributed by atoms with E-state index in [0.717, 1.165) is 12.2 Å². The predicted molar refractivity (Wildman–Crippen MR) is 58.9 cm³/mol. The summed E-state index contributed by atoms with van der Waals surface area (Å²) in [7, 11) is 0. The zero-order valence-corrected chi connectivity index (χ0v) is 8.87. The molecule has 14 heavy (non-hydrogen) atoms. The van der Waals surface area contributed by atoms with E-state index in [1.807, 2.05) is 0 Å². The van der Waals surface area contributed by atoms with Crippen molar-refractivity contribution >= 4 is 5.82 Å². The van der Waals surface area contributed by atoms with E-state index in [1.165, 1.54) is 32.1 Å². The van der Waals surface area contributed by atoms with Crippen LogP contribution < -0.4 is 5.73 Å². The summed E-state index contributed by atoms with van der Waals surface area (Å²) in [4.78, 5) is 8.32. The number of unbranched alkanes of at least 4 members (excludes halogenated alkanes) is 4. The second kappa shape index (κ2) is 6.35. The first-order valence-electron chi connectivity index (χ1n) is 5.40. The molecule has 0 fully saturated rings. The van der Waals surface area contributed by atoms with Gasteiger partial charge in [-0.15, -0.1) is 0 Å². The molecule has 0 unspecified atom stereocenters. The van der Waals surface area contributed by atoms with Crippen molar-refractivity contribution in [3.05, 3.63) is 18.1 Å². The summed E-state index contributed by atoms with van der Waals surface area (Å²) in [6, 6.07) is 1.72. The minimum atomic E-state index is 0.573. The number of hydrogen-bond donors (Lipinski definition) is 1. The number of aryl methyl sites for hydroxylation is 1. The van der Waals surface area contributed by atoms with Crippen molar-refractivity contribution in [3.8, 4) is 0 Å². The van der Waals surface area contributed by atoms with E-state index in [4.69, 9.17) is 5.73 Å². The Morgan fingerprint density at radius 1 is 1.21 bits per heavy atom. The van der Waals surface area contributed by atoms with E-state index in [2.05, 4.69) is 16.9 Å². The van der Waals surface area contributed by atoms with Gasteiger partial charge < -0.3 is 5.73 Å². The molecule has 0 saturated carbocycles. The summed E-state index contributed by atoms with van der Waals surface area (Å²) in [6.07, 6.45) is 9.05. The topological polar surface area (TPSA) is 51.8 Å². The maximum Gasteiger partial charge on any atom is 0.130 e. The minimum Gasteiger partial charge on any atom is -0.384 e. The summed E-state index contributed by atoms with van der Waals surface area (Å²) in [6.45, 7) is 2.22. The number of anilines is 1. The van der Waals surface area contributed by atoms with Gasteiger partial charge in [0.2, 0.25) is 0 Å². The molecule has 3 nitrogen and oxygen atoms in total. The van der Waals surface area contributed by atoms with Crippen LogP contribution in [0, 0.1) is 0 Å². The highest BCUT2D eigenvalue weighted by atomic mass is 14.9. The lowest BCUT2D eigenvalue weighted by Gasteiger charge is -2.00. The van der Waals surface area contributed by atoms with Crippen LogP contribution in [0.25, 0.3) is 0 Å². The van der Waals surface area contributed by atoms with Crippen LogP contribution in [0.2, 0.25) is 0 Å². The van der Waals surface area contributed by atoms with Crippen LogP contribution in [0.3, 0.4) is 0 Å². The normalized spacial score (nSPS) is 10.4. The van der Waals surface area contributed by atoms with Crippen LogP contribution in [0.5, 0.6) is 0 Å². The highest BCUT2D eigenvalue weighted by Crippen LogP contribution is 2.06. The van der Waals surface area contributed by atoms with Gasteiger partial charge in [0.25, 0.3) is 0 Å². The van der Waals surface area contributed by atoms with Crippen LogP contribution in [-0.2, 0) is 6.42 Å². The predicted octanol–water partition coefficient (Wildman–Crippen LogP) is 2.57. The number of rotatable bonds is 6. The molecule has 0 aliphatic rings. The van der Waals surface area contributed by atoms with E-state index in [9.17, 15) is 0 Å². The van der Waals surface area contributed by atoms with Gasteiger partial charge in [0.1, 0.15) is 11.6 Å². The van der Waals surface area contributed by atoms with Gasteiger partial charge >= 0.3 is 0 Å². The first-order valence-corrected chi connectivity index (χ1v) is 5.40. The molecule has 1 aromatic heterocycles. The molecule has 2 N–H and O–H groups in total. The van der Waals surface area contributed by atoms with Crippen LogP contribution in [0.15, 0.2) is 12.3 Å². The monoisotopic (exact) mass is 193 g/mol. The van der Waals surface area contributed by atoms with E-state index in [0.29, 0.717) is 5.82 Å². The van der Waals surface area contributed by atoms with E-state index < -0.39 is 0 Å². The Hall–Kier alpha value is -1.12. The van der Waals surface area contributed by atoms with Crippen LogP contribution >= 0.6 is 0 Å². The van der Waals surface area contributed by atoms with E-state index in [-0.39, 0.29) is 0 Å². The molecule has 0 amide bonds. The van der Waals surface area contributed by atoms with Crippen molar-refractivity contribution in [2.24, 2.45) is 0 Å². The van der Waals surface area contributed by atoms with Crippen molar-refractivity contribution in [1.82, 2.24) is 9.97 Å².